The van der Waals surface area contributed by atoms with Gasteiger partial charge in [0.25, 0.3) is 0 Å². The molecular formula is C25H25FN2O. The zero-order valence-electron chi connectivity index (χ0n) is 17.2. The van der Waals surface area contributed by atoms with Gasteiger partial charge in [0.1, 0.15) is 5.82 Å². The molecule has 3 aromatic rings. The number of H-pyrrole nitrogens is 1. The van der Waals surface area contributed by atoms with Crippen LogP contribution in [0.5, 0.6) is 0 Å². The highest BCUT2D eigenvalue weighted by molar-refractivity contribution is 6.04. The number of hydrogen-bond donors (Lipinski definition) is 1. The molecule has 4 rings (SSSR count). The number of halogens is 1. The van der Waals surface area contributed by atoms with Crippen LogP contribution in [0.4, 0.5) is 4.39 Å². The van der Waals surface area contributed by atoms with Crippen molar-refractivity contribution >= 4 is 22.4 Å². The molecule has 0 unspecified atom stereocenters. The summed E-state index contributed by atoms with van der Waals surface area (Å²) in [6.45, 7) is 14.7. The van der Waals surface area contributed by atoms with Crippen LogP contribution in [-0.4, -0.2) is 22.3 Å². The monoisotopic (exact) mass is 388 g/mol. The van der Waals surface area contributed by atoms with Gasteiger partial charge in [-0.2, -0.15) is 0 Å². The van der Waals surface area contributed by atoms with Gasteiger partial charge in [0.05, 0.1) is 5.52 Å². The van der Waals surface area contributed by atoms with Gasteiger partial charge in [-0.3, -0.25) is 4.79 Å². The molecule has 0 radical (unpaired) electrons. The molecular weight excluding hydrogens is 363 g/mol. The van der Waals surface area contributed by atoms with Crippen LogP contribution in [0.25, 0.3) is 27.6 Å². The molecule has 1 N–H and O–H groups in total. The Balaban J connectivity index is 1.97. The molecule has 148 valence electrons. The van der Waals surface area contributed by atoms with Crippen molar-refractivity contribution in [1.82, 2.24) is 9.88 Å². The molecule has 29 heavy (non-hydrogen) atoms. The fraction of sp³-hybridized carbons (Fsp3) is 0.240. The van der Waals surface area contributed by atoms with E-state index in [0.717, 1.165) is 50.0 Å². The van der Waals surface area contributed by atoms with Crippen LogP contribution in [-0.2, 0) is 17.8 Å². The summed E-state index contributed by atoms with van der Waals surface area (Å²) in [6.07, 6.45) is 2.04. The third-order valence-electron chi connectivity index (χ3n) is 6.01. The molecule has 2 heterocycles. The van der Waals surface area contributed by atoms with E-state index in [4.69, 9.17) is 0 Å². The Labute approximate surface area is 170 Å². The van der Waals surface area contributed by atoms with Gasteiger partial charge in [0, 0.05) is 35.3 Å². The molecule has 0 saturated carbocycles. The summed E-state index contributed by atoms with van der Waals surface area (Å²) >= 11 is 0. The van der Waals surface area contributed by atoms with E-state index in [0.29, 0.717) is 25.1 Å². The van der Waals surface area contributed by atoms with Crippen molar-refractivity contribution in [3.63, 3.8) is 0 Å². The number of carbonyl (C=O) groups excluding carboxylic acids is 1. The second-order valence-electron chi connectivity index (χ2n) is 7.84. The Morgan fingerprint density at radius 2 is 2.07 bits per heavy atom. The summed E-state index contributed by atoms with van der Waals surface area (Å²) in [7, 11) is 0. The van der Waals surface area contributed by atoms with E-state index in [2.05, 4.69) is 18.1 Å². The van der Waals surface area contributed by atoms with E-state index in [-0.39, 0.29) is 11.7 Å². The number of benzene rings is 2. The Hall–Kier alpha value is -3.14. The molecule has 0 fully saturated rings. The number of hydrogen-bond acceptors (Lipinski definition) is 1. The summed E-state index contributed by atoms with van der Waals surface area (Å²) in [5, 5.41) is 0.915. The number of aromatic nitrogens is 1. The molecule has 0 saturated heterocycles. The van der Waals surface area contributed by atoms with E-state index in [1.165, 1.54) is 6.08 Å². The lowest BCUT2D eigenvalue weighted by molar-refractivity contribution is -0.126. The minimum absolute atomic E-state index is 0.0717. The number of amides is 1. The van der Waals surface area contributed by atoms with Crippen LogP contribution in [0.1, 0.15) is 34.9 Å². The predicted molar refractivity (Wildman–Crippen MR) is 117 cm³/mol. The van der Waals surface area contributed by atoms with Crippen LogP contribution in [0.15, 0.2) is 43.5 Å². The number of fused-ring (bicyclic) bond motifs is 2. The molecule has 0 aliphatic carbocycles. The average Bonchev–Trinajstić information content (AvgIpc) is 3.00. The summed E-state index contributed by atoms with van der Waals surface area (Å²) in [5.74, 6) is -0.312. The third-order valence-corrected chi connectivity index (χ3v) is 6.01. The van der Waals surface area contributed by atoms with Crippen molar-refractivity contribution in [3.8, 4) is 11.1 Å². The summed E-state index contributed by atoms with van der Waals surface area (Å²) in [6, 6.07) is 7.55. The van der Waals surface area contributed by atoms with Crippen LogP contribution in [0, 0.1) is 19.7 Å². The first-order chi connectivity index (χ1) is 13.8. The summed E-state index contributed by atoms with van der Waals surface area (Å²) in [5.41, 5.74) is 8.36. The Kier molecular flexibility index (Phi) is 4.65. The zero-order valence-corrected chi connectivity index (χ0v) is 17.2. The molecule has 1 aliphatic heterocycles. The summed E-state index contributed by atoms with van der Waals surface area (Å²) < 4.78 is 15.5. The quantitative estimate of drug-likeness (QED) is 0.575. The highest BCUT2D eigenvalue weighted by atomic mass is 19.1. The van der Waals surface area contributed by atoms with Crippen molar-refractivity contribution in [2.75, 3.05) is 6.54 Å². The number of rotatable bonds is 3. The normalized spacial score (nSPS) is 13.4. The molecule has 0 spiro atoms. The highest BCUT2D eigenvalue weighted by Gasteiger charge is 2.25. The summed E-state index contributed by atoms with van der Waals surface area (Å²) in [4.78, 5) is 17.3. The highest BCUT2D eigenvalue weighted by Crippen LogP contribution is 2.41. The van der Waals surface area contributed by atoms with Gasteiger partial charge in [-0.15, -0.1) is 0 Å². The minimum Gasteiger partial charge on any atom is -0.358 e. The number of nitrogens with one attached hydrogen (secondary N) is 1. The van der Waals surface area contributed by atoms with Crippen molar-refractivity contribution in [2.45, 2.75) is 33.7 Å². The van der Waals surface area contributed by atoms with E-state index in [1.807, 2.05) is 39.0 Å². The predicted octanol–water partition coefficient (Wildman–Crippen LogP) is 5.69. The SMILES string of the molecule is C=CC(=O)N1CCc2c(cccc2-c2c(F)cc(C(=C)C)c3[nH]c(C)c(C)c23)C1. The minimum atomic E-state index is -0.240. The lowest BCUT2D eigenvalue weighted by Gasteiger charge is -2.29. The van der Waals surface area contributed by atoms with Crippen LogP contribution < -0.4 is 0 Å². The number of aryl methyl sites for hydroxylation is 2. The first-order valence-electron chi connectivity index (χ1n) is 9.83. The van der Waals surface area contributed by atoms with Gasteiger partial charge < -0.3 is 9.88 Å². The zero-order chi connectivity index (χ0) is 20.9. The number of aromatic amines is 1. The van der Waals surface area contributed by atoms with Crippen LogP contribution in [0.2, 0.25) is 0 Å². The van der Waals surface area contributed by atoms with E-state index >= 15 is 4.39 Å². The van der Waals surface area contributed by atoms with E-state index < -0.39 is 0 Å². The molecule has 0 bridgehead atoms. The van der Waals surface area contributed by atoms with E-state index in [1.54, 1.807) is 11.0 Å². The molecule has 3 nitrogen and oxygen atoms in total. The first-order valence-corrected chi connectivity index (χ1v) is 9.83. The van der Waals surface area contributed by atoms with Crippen molar-refractivity contribution < 1.29 is 9.18 Å². The molecule has 2 aromatic carbocycles. The Morgan fingerprint density at radius 1 is 1.31 bits per heavy atom. The maximum atomic E-state index is 15.5. The second kappa shape index (κ2) is 7.03. The van der Waals surface area contributed by atoms with Gasteiger partial charge in [-0.05, 0) is 67.2 Å². The molecule has 4 heteroatoms. The first kappa shape index (κ1) is 19.2. The Morgan fingerprint density at radius 3 is 2.76 bits per heavy atom. The smallest absolute Gasteiger partial charge is 0.246 e. The number of carbonyl (C=O) groups is 1. The largest absolute Gasteiger partial charge is 0.358 e. The molecule has 1 aliphatic rings. The topological polar surface area (TPSA) is 36.1 Å². The van der Waals surface area contributed by atoms with Crippen LogP contribution >= 0.6 is 0 Å². The maximum absolute atomic E-state index is 15.5. The van der Waals surface area contributed by atoms with Gasteiger partial charge in [0.2, 0.25) is 5.91 Å². The number of allylic oxidation sites excluding steroid dienone is 1. The molecule has 1 amide bonds. The fourth-order valence-corrected chi connectivity index (χ4v) is 4.38. The van der Waals surface area contributed by atoms with Crippen molar-refractivity contribution in [1.29, 1.82) is 0 Å². The van der Waals surface area contributed by atoms with Gasteiger partial charge in [-0.1, -0.05) is 31.4 Å². The van der Waals surface area contributed by atoms with Gasteiger partial charge >= 0.3 is 0 Å². The van der Waals surface area contributed by atoms with Gasteiger partial charge in [0.15, 0.2) is 0 Å². The lowest BCUT2D eigenvalue weighted by atomic mass is 9.87. The van der Waals surface area contributed by atoms with Crippen molar-refractivity contribution in [2.24, 2.45) is 0 Å². The maximum Gasteiger partial charge on any atom is 0.246 e. The molecule has 1 aromatic heterocycles. The number of nitrogens with zero attached hydrogens (tertiary/aromatic N) is 1. The van der Waals surface area contributed by atoms with E-state index in [9.17, 15) is 4.79 Å². The lowest BCUT2D eigenvalue weighted by Crippen LogP contribution is -2.34. The standard InChI is InChI=1S/C25H25FN2O/c1-6-22(29)28-11-10-18-17(13-28)8-7-9-19(18)24-21(26)12-20(14(2)3)25-23(24)15(4)16(5)27-25/h6-9,12,27H,1-2,10-11,13H2,3-5H3. The third kappa shape index (κ3) is 3.00. The molecule has 0 atom stereocenters. The Bertz CT molecular complexity index is 1190. The second-order valence-corrected chi connectivity index (χ2v) is 7.84. The van der Waals surface area contributed by atoms with Gasteiger partial charge in [-0.25, -0.2) is 4.39 Å². The average molecular weight is 388 g/mol. The van der Waals surface area contributed by atoms with Crippen molar-refractivity contribution in [3.05, 3.63) is 77.3 Å². The fourth-order valence-electron chi connectivity index (χ4n) is 4.38. The van der Waals surface area contributed by atoms with Crippen LogP contribution in [0.3, 0.4) is 0 Å².